The molecule has 2 aliphatic carbocycles. The molecule has 3 heteroatoms. The van der Waals surface area contributed by atoms with Crippen LogP contribution in [0, 0.1) is 40.7 Å². The molecule has 0 saturated heterocycles. The minimum absolute atomic E-state index is 0.145. The molecule has 1 N–H and O–H groups in total. The van der Waals surface area contributed by atoms with Crippen molar-refractivity contribution in [3.8, 4) is 22.9 Å². The fraction of sp³-hybridized carbons (Fsp3) is 0.810. The van der Waals surface area contributed by atoms with Crippen molar-refractivity contribution >= 4 is 16.1 Å². The van der Waals surface area contributed by atoms with Gasteiger partial charge in [-0.05, 0) is 38.0 Å². The first-order valence-corrected chi connectivity index (χ1v) is 16.7. The van der Waals surface area contributed by atoms with E-state index < -0.39 is 16.1 Å². The second-order valence-corrected chi connectivity index (χ2v) is 19.2. The highest BCUT2D eigenvalue weighted by atomic mass is 28.3. The lowest BCUT2D eigenvalue weighted by atomic mass is 10.00. The highest BCUT2D eigenvalue weighted by molar-refractivity contribution is 6.84. The number of hydrogen-bond acceptors (Lipinski definition) is 1. The van der Waals surface area contributed by atoms with Crippen LogP contribution in [0.1, 0.15) is 45.4 Å². The molecule has 0 heterocycles. The van der Waals surface area contributed by atoms with E-state index in [0.717, 1.165) is 31.1 Å². The zero-order valence-electron chi connectivity index (χ0n) is 17.0. The van der Waals surface area contributed by atoms with Gasteiger partial charge in [-0.3, -0.25) is 0 Å². The van der Waals surface area contributed by atoms with Crippen LogP contribution in [0.4, 0.5) is 0 Å². The maximum absolute atomic E-state index is 9.50. The lowest BCUT2D eigenvalue weighted by Crippen LogP contribution is -2.18. The molecule has 2 saturated carbocycles. The van der Waals surface area contributed by atoms with Crippen LogP contribution in [-0.2, 0) is 0 Å². The van der Waals surface area contributed by atoms with Gasteiger partial charge in [0.2, 0.25) is 0 Å². The molecule has 0 aromatic carbocycles. The SMILES string of the molecule is C[C@@H]1CCCC1C#C[Si](C)(C)C.C[Si](C)(C)C#CC1CCC[C@H]1O. The predicted octanol–water partition coefficient (Wildman–Crippen LogP) is 5.33. The Morgan fingerprint density at radius 1 is 0.708 bits per heavy atom. The third-order valence-corrected chi connectivity index (χ3v) is 6.39. The van der Waals surface area contributed by atoms with E-state index in [9.17, 15) is 5.11 Å². The molecule has 2 unspecified atom stereocenters. The van der Waals surface area contributed by atoms with Crippen molar-refractivity contribution in [1.29, 1.82) is 0 Å². The van der Waals surface area contributed by atoms with Crippen LogP contribution in [0.2, 0.25) is 39.3 Å². The van der Waals surface area contributed by atoms with Gasteiger partial charge >= 0.3 is 0 Å². The first-order valence-electron chi connectivity index (χ1n) is 9.71. The lowest BCUT2D eigenvalue weighted by Gasteiger charge is -2.09. The Balaban J connectivity index is 0.000000240. The lowest BCUT2D eigenvalue weighted by molar-refractivity contribution is 0.157. The Kier molecular flexibility index (Phi) is 8.33. The summed E-state index contributed by atoms with van der Waals surface area (Å²) in [4.78, 5) is 0. The van der Waals surface area contributed by atoms with E-state index in [0.29, 0.717) is 0 Å². The molecule has 2 fully saturated rings. The third kappa shape index (κ3) is 9.12. The minimum atomic E-state index is -1.23. The quantitative estimate of drug-likeness (QED) is 0.456. The second kappa shape index (κ2) is 9.28. The Bertz CT molecular complexity index is 456. The Hall–Kier alpha value is -0.486. The largest absolute Gasteiger partial charge is 0.392 e. The normalized spacial score (nSPS) is 29.7. The van der Waals surface area contributed by atoms with Crippen LogP contribution in [0.3, 0.4) is 0 Å². The van der Waals surface area contributed by atoms with Gasteiger partial charge in [-0.15, -0.1) is 22.9 Å². The van der Waals surface area contributed by atoms with Crippen molar-refractivity contribution < 1.29 is 5.11 Å². The summed E-state index contributed by atoms with van der Waals surface area (Å²) in [5.41, 5.74) is 6.81. The summed E-state index contributed by atoms with van der Waals surface area (Å²) in [6, 6.07) is 0. The van der Waals surface area contributed by atoms with Gasteiger partial charge in [-0.1, -0.05) is 52.6 Å². The first kappa shape index (κ1) is 21.6. The fourth-order valence-corrected chi connectivity index (χ4v) is 4.32. The zero-order valence-corrected chi connectivity index (χ0v) is 19.0. The zero-order chi connectivity index (χ0) is 18.4. The van der Waals surface area contributed by atoms with E-state index >= 15 is 0 Å². The molecular formula is C21H38OSi2. The molecule has 0 spiro atoms. The molecule has 0 bridgehead atoms. The average molecular weight is 363 g/mol. The Morgan fingerprint density at radius 2 is 1.17 bits per heavy atom. The summed E-state index contributed by atoms with van der Waals surface area (Å²) in [6.45, 7) is 16.0. The third-order valence-electron chi connectivity index (χ3n) is 4.61. The first-order chi connectivity index (χ1) is 11.0. The maximum Gasteiger partial charge on any atom is 0.129 e. The Labute approximate surface area is 153 Å². The van der Waals surface area contributed by atoms with E-state index in [-0.39, 0.29) is 12.0 Å². The highest BCUT2D eigenvalue weighted by Crippen LogP contribution is 2.30. The van der Waals surface area contributed by atoms with Gasteiger partial charge in [-0.25, -0.2) is 0 Å². The van der Waals surface area contributed by atoms with Gasteiger partial charge in [-0.2, -0.15) is 0 Å². The molecule has 1 nitrogen and oxygen atoms in total. The number of hydrogen-bond donors (Lipinski definition) is 1. The van der Waals surface area contributed by atoms with Crippen molar-refractivity contribution in [2.75, 3.05) is 0 Å². The van der Waals surface area contributed by atoms with Crippen molar-refractivity contribution in [1.82, 2.24) is 0 Å². The topological polar surface area (TPSA) is 20.2 Å². The van der Waals surface area contributed by atoms with Crippen molar-refractivity contribution in [2.24, 2.45) is 17.8 Å². The molecule has 2 rings (SSSR count). The molecule has 24 heavy (non-hydrogen) atoms. The van der Waals surface area contributed by atoms with E-state index in [1.807, 2.05) is 0 Å². The van der Waals surface area contributed by atoms with Gasteiger partial charge in [0.25, 0.3) is 0 Å². The fourth-order valence-electron chi connectivity index (χ4n) is 3.09. The van der Waals surface area contributed by atoms with Gasteiger partial charge < -0.3 is 5.11 Å². The monoisotopic (exact) mass is 362 g/mol. The van der Waals surface area contributed by atoms with Crippen LogP contribution < -0.4 is 0 Å². The average Bonchev–Trinajstić information content (AvgIpc) is 3.02. The van der Waals surface area contributed by atoms with Crippen LogP contribution in [0.15, 0.2) is 0 Å². The van der Waals surface area contributed by atoms with Crippen molar-refractivity contribution in [2.45, 2.75) is 90.8 Å². The molecule has 0 amide bonds. The van der Waals surface area contributed by atoms with Crippen LogP contribution in [0.25, 0.3) is 0 Å². The van der Waals surface area contributed by atoms with Crippen LogP contribution in [0.5, 0.6) is 0 Å². The summed E-state index contributed by atoms with van der Waals surface area (Å²) in [5, 5.41) is 9.50. The van der Waals surface area contributed by atoms with E-state index in [2.05, 4.69) is 69.1 Å². The maximum atomic E-state index is 9.50. The summed E-state index contributed by atoms with van der Waals surface area (Å²) in [6.07, 6.45) is 7.18. The number of rotatable bonds is 0. The molecular weight excluding hydrogens is 324 g/mol. The number of aliphatic hydroxyl groups is 1. The molecule has 2 aliphatic rings. The van der Waals surface area contributed by atoms with Crippen molar-refractivity contribution in [3.63, 3.8) is 0 Å². The summed E-state index contributed by atoms with van der Waals surface area (Å²) in [7, 11) is -2.34. The van der Waals surface area contributed by atoms with E-state index in [4.69, 9.17) is 0 Å². The van der Waals surface area contributed by atoms with Gasteiger partial charge in [0.1, 0.15) is 16.1 Å². The summed E-state index contributed by atoms with van der Waals surface area (Å²) < 4.78 is 0. The van der Waals surface area contributed by atoms with E-state index in [1.54, 1.807) is 0 Å². The molecule has 0 aromatic rings. The second-order valence-electron chi connectivity index (χ2n) is 9.66. The minimum Gasteiger partial charge on any atom is -0.392 e. The van der Waals surface area contributed by atoms with Crippen LogP contribution >= 0.6 is 0 Å². The predicted molar refractivity (Wildman–Crippen MR) is 112 cm³/mol. The number of aliphatic hydroxyl groups excluding tert-OH is 1. The van der Waals surface area contributed by atoms with Gasteiger partial charge in [0.05, 0.1) is 6.10 Å². The smallest absolute Gasteiger partial charge is 0.129 e. The van der Waals surface area contributed by atoms with Gasteiger partial charge in [0, 0.05) is 11.8 Å². The molecule has 0 aromatic heterocycles. The van der Waals surface area contributed by atoms with E-state index in [1.165, 1.54) is 19.3 Å². The van der Waals surface area contributed by atoms with Gasteiger partial charge in [0.15, 0.2) is 0 Å². The summed E-state index contributed by atoms with van der Waals surface area (Å²) in [5.74, 6) is 8.57. The molecule has 136 valence electrons. The summed E-state index contributed by atoms with van der Waals surface area (Å²) >= 11 is 0. The van der Waals surface area contributed by atoms with Crippen molar-refractivity contribution in [3.05, 3.63) is 0 Å². The molecule has 0 radical (unpaired) electrons. The molecule has 4 atom stereocenters. The van der Waals surface area contributed by atoms with Crippen LogP contribution in [-0.4, -0.2) is 27.4 Å². The highest BCUT2D eigenvalue weighted by Gasteiger charge is 2.23. The standard InChI is InChI=1S/C11H20Si.C10H18OSi/c1-10-6-5-7-11(10)8-9-12(2,3)4;1-12(2,3)8-7-9-5-4-6-10(9)11/h10-11H,5-7H2,1-4H3;9-11H,4-6H2,1-3H3/t10-,11?;9?,10-/m11/s1. The Morgan fingerprint density at radius 3 is 1.54 bits per heavy atom. The molecule has 0 aliphatic heterocycles.